The molecule has 23 heavy (non-hydrogen) atoms. The highest BCUT2D eigenvalue weighted by atomic mass is 16.5. The zero-order valence-corrected chi connectivity index (χ0v) is 14.6. The first-order chi connectivity index (χ1) is 10.7. The Bertz CT molecular complexity index is 631. The molecule has 2 rings (SSSR count). The monoisotopic (exact) mass is 318 g/mol. The van der Waals surface area contributed by atoms with Gasteiger partial charge in [0.25, 0.3) is 5.91 Å². The van der Waals surface area contributed by atoms with Gasteiger partial charge in [0.15, 0.2) is 6.61 Å². The Kier molecular flexibility index (Phi) is 4.97. The lowest BCUT2D eigenvalue weighted by Crippen LogP contribution is -2.42. The first kappa shape index (κ1) is 17.3. The van der Waals surface area contributed by atoms with Gasteiger partial charge in [-0.2, -0.15) is 0 Å². The lowest BCUT2D eigenvalue weighted by Gasteiger charge is -2.20. The number of esters is 1. The van der Waals surface area contributed by atoms with Gasteiger partial charge in [-0.05, 0) is 65.2 Å². The molecule has 0 aliphatic heterocycles. The highest BCUT2D eigenvalue weighted by Gasteiger charge is 2.26. The Morgan fingerprint density at radius 3 is 2.57 bits per heavy atom. The SMILES string of the molecule is Cc1cc(/C=C/C(=O)OCC(=O)NC(C)(C)C)c(C)n1C1CC1. The van der Waals surface area contributed by atoms with Crippen LogP contribution < -0.4 is 5.32 Å². The largest absolute Gasteiger partial charge is 0.452 e. The second-order valence-electron chi connectivity index (χ2n) is 7.17. The molecule has 0 atom stereocenters. The van der Waals surface area contributed by atoms with Crippen LogP contribution in [0.15, 0.2) is 12.1 Å². The summed E-state index contributed by atoms with van der Waals surface area (Å²) in [6.45, 7) is 9.51. The molecule has 0 saturated heterocycles. The van der Waals surface area contributed by atoms with Crippen LogP contribution in [0.3, 0.4) is 0 Å². The number of carbonyl (C=O) groups is 2. The lowest BCUT2D eigenvalue weighted by molar-refractivity contribution is -0.144. The van der Waals surface area contributed by atoms with E-state index in [1.807, 2.05) is 20.8 Å². The number of hydrogen-bond acceptors (Lipinski definition) is 3. The lowest BCUT2D eigenvalue weighted by atomic mass is 10.1. The summed E-state index contributed by atoms with van der Waals surface area (Å²) in [5, 5.41) is 2.74. The molecule has 1 saturated carbocycles. The molecule has 0 spiro atoms. The van der Waals surface area contributed by atoms with E-state index in [1.165, 1.54) is 30.3 Å². The fourth-order valence-corrected chi connectivity index (χ4v) is 2.66. The Morgan fingerprint density at radius 1 is 1.35 bits per heavy atom. The molecule has 1 fully saturated rings. The molecule has 5 nitrogen and oxygen atoms in total. The van der Waals surface area contributed by atoms with Crippen LogP contribution in [-0.4, -0.2) is 28.6 Å². The van der Waals surface area contributed by atoms with Crippen LogP contribution in [0, 0.1) is 13.8 Å². The summed E-state index contributed by atoms with van der Waals surface area (Å²) in [6.07, 6.45) is 5.59. The molecule has 0 unspecified atom stereocenters. The molecule has 1 N–H and O–H groups in total. The second-order valence-corrected chi connectivity index (χ2v) is 7.17. The van der Waals surface area contributed by atoms with Gasteiger partial charge in [0.1, 0.15) is 0 Å². The molecule has 1 aliphatic rings. The maximum Gasteiger partial charge on any atom is 0.331 e. The van der Waals surface area contributed by atoms with Gasteiger partial charge in [0.05, 0.1) is 0 Å². The summed E-state index contributed by atoms with van der Waals surface area (Å²) in [4.78, 5) is 23.3. The molecule has 1 amide bonds. The van der Waals surface area contributed by atoms with Crippen LogP contribution in [-0.2, 0) is 14.3 Å². The van der Waals surface area contributed by atoms with E-state index in [-0.39, 0.29) is 18.1 Å². The fourth-order valence-electron chi connectivity index (χ4n) is 2.66. The third kappa shape index (κ3) is 4.98. The first-order valence-electron chi connectivity index (χ1n) is 8.01. The Labute approximate surface area is 137 Å². The summed E-state index contributed by atoms with van der Waals surface area (Å²) < 4.78 is 7.28. The van der Waals surface area contributed by atoms with Crippen molar-refractivity contribution in [2.24, 2.45) is 0 Å². The summed E-state index contributed by atoms with van der Waals surface area (Å²) in [5.41, 5.74) is 3.06. The van der Waals surface area contributed by atoms with Crippen molar-refractivity contribution in [1.82, 2.24) is 9.88 Å². The highest BCUT2D eigenvalue weighted by molar-refractivity contribution is 5.89. The average molecular weight is 318 g/mol. The van der Waals surface area contributed by atoms with Gasteiger partial charge in [-0.15, -0.1) is 0 Å². The quantitative estimate of drug-likeness (QED) is 0.671. The van der Waals surface area contributed by atoms with E-state index in [0.29, 0.717) is 6.04 Å². The van der Waals surface area contributed by atoms with Crippen LogP contribution in [0.4, 0.5) is 0 Å². The van der Waals surface area contributed by atoms with E-state index in [1.54, 1.807) is 6.08 Å². The molecule has 5 heteroatoms. The average Bonchev–Trinajstić information content (AvgIpc) is 3.19. The van der Waals surface area contributed by atoms with Crippen LogP contribution in [0.25, 0.3) is 6.08 Å². The number of nitrogens with one attached hydrogen (secondary N) is 1. The number of nitrogens with zero attached hydrogens (tertiary/aromatic N) is 1. The van der Waals surface area contributed by atoms with Gasteiger partial charge in [-0.1, -0.05) is 0 Å². The van der Waals surface area contributed by atoms with Crippen LogP contribution >= 0.6 is 0 Å². The number of hydrogen-bond donors (Lipinski definition) is 1. The van der Waals surface area contributed by atoms with E-state index in [0.717, 1.165) is 5.56 Å². The van der Waals surface area contributed by atoms with Crippen LogP contribution in [0.5, 0.6) is 0 Å². The fraction of sp³-hybridized carbons (Fsp3) is 0.556. The van der Waals surface area contributed by atoms with Crippen molar-refractivity contribution in [2.45, 2.75) is 59.0 Å². The number of rotatable bonds is 5. The standard InChI is InChI=1S/C18H26N2O3/c1-12-10-14(13(2)20(12)15-7-8-15)6-9-17(22)23-11-16(21)19-18(3,4)5/h6,9-10,15H,7-8,11H2,1-5H3,(H,19,21)/b9-6+. The number of amides is 1. The third-order valence-corrected chi connectivity index (χ3v) is 3.69. The summed E-state index contributed by atoms with van der Waals surface area (Å²) >= 11 is 0. The van der Waals surface area contributed by atoms with E-state index < -0.39 is 5.97 Å². The molecular formula is C18H26N2O3. The third-order valence-electron chi connectivity index (χ3n) is 3.69. The van der Waals surface area contributed by atoms with Gasteiger partial charge in [0.2, 0.25) is 0 Å². The minimum Gasteiger partial charge on any atom is -0.452 e. The smallest absolute Gasteiger partial charge is 0.331 e. The van der Waals surface area contributed by atoms with Crippen molar-refractivity contribution in [3.63, 3.8) is 0 Å². The number of ether oxygens (including phenoxy) is 1. The zero-order chi connectivity index (χ0) is 17.2. The van der Waals surface area contributed by atoms with Crippen molar-refractivity contribution in [2.75, 3.05) is 6.61 Å². The van der Waals surface area contributed by atoms with Crippen molar-refractivity contribution in [3.8, 4) is 0 Å². The van der Waals surface area contributed by atoms with E-state index in [4.69, 9.17) is 4.74 Å². The van der Waals surface area contributed by atoms with Gasteiger partial charge in [-0.3, -0.25) is 4.79 Å². The van der Waals surface area contributed by atoms with E-state index in [2.05, 4.69) is 29.8 Å². The predicted octanol–water partition coefficient (Wildman–Crippen LogP) is 2.91. The Balaban J connectivity index is 1.89. The van der Waals surface area contributed by atoms with Gasteiger partial charge in [-0.25, -0.2) is 4.79 Å². The number of carbonyl (C=O) groups excluding carboxylic acids is 2. The molecular weight excluding hydrogens is 292 g/mol. The van der Waals surface area contributed by atoms with Gasteiger partial charge in [0, 0.05) is 29.0 Å². The molecule has 1 aliphatic carbocycles. The first-order valence-corrected chi connectivity index (χ1v) is 8.01. The minimum absolute atomic E-state index is 0.262. The van der Waals surface area contributed by atoms with Gasteiger partial charge >= 0.3 is 5.97 Å². The molecule has 126 valence electrons. The summed E-state index contributed by atoms with van der Waals surface area (Å²) in [5.74, 6) is -0.809. The summed E-state index contributed by atoms with van der Waals surface area (Å²) in [7, 11) is 0. The number of aryl methyl sites for hydroxylation is 1. The maximum atomic E-state index is 11.7. The Hall–Kier alpha value is -2.04. The minimum atomic E-state index is -0.509. The van der Waals surface area contributed by atoms with Crippen LogP contribution in [0.2, 0.25) is 0 Å². The van der Waals surface area contributed by atoms with Crippen LogP contribution in [0.1, 0.15) is 56.6 Å². The molecule has 1 aromatic rings. The normalized spacial score (nSPS) is 15.0. The van der Waals surface area contributed by atoms with E-state index >= 15 is 0 Å². The number of aromatic nitrogens is 1. The molecule has 0 bridgehead atoms. The second kappa shape index (κ2) is 6.60. The van der Waals surface area contributed by atoms with E-state index in [9.17, 15) is 9.59 Å². The maximum absolute atomic E-state index is 11.7. The Morgan fingerprint density at radius 2 is 2.00 bits per heavy atom. The van der Waals surface area contributed by atoms with Crippen molar-refractivity contribution >= 4 is 18.0 Å². The van der Waals surface area contributed by atoms with Gasteiger partial charge < -0.3 is 14.6 Å². The molecule has 1 aromatic heterocycles. The molecule has 0 radical (unpaired) electrons. The van der Waals surface area contributed by atoms with Crippen molar-refractivity contribution in [3.05, 3.63) is 29.1 Å². The van der Waals surface area contributed by atoms with Crippen molar-refractivity contribution < 1.29 is 14.3 Å². The molecule has 0 aromatic carbocycles. The van der Waals surface area contributed by atoms with Crippen molar-refractivity contribution in [1.29, 1.82) is 0 Å². The summed E-state index contributed by atoms with van der Waals surface area (Å²) in [6, 6.07) is 2.69. The zero-order valence-electron chi connectivity index (χ0n) is 14.6. The predicted molar refractivity (Wildman–Crippen MR) is 90.1 cm³/mol. The highest BCUT2D eigenvalue weighted by Crippen LogP contribution is 2.38. The topological polar surface area (TPSA) is 60.3 Å². The molecule has 1 heterocycles.